The summed E-state index contributed by atoms with van der Waals surface area (Å²) in [5.74, 6) is 1.94. The van der Waals surface area contributed by atoms with E-state index in [9.17, 15) is 4.79 Å². The Morgan fingerprint density at radius 2 is 1.75 bits per heavy atom. The van der Waals surface area contributed by atoms with E-state index in [1.807, 2.05) is 24.3 Å². The van der Waals surface area contributed by atoms with E-state index in [4.69, 9.17) is 14.2 Å². The van der Waals surface area contributed by atoms with Gasteiger partial charge in [0.05, 0.1) is 6.61 Å². The number of ether oxygens (including phenoxy) is 3. The number of fused-ring (bicyclic) bond motifs is 1. The molecule has 142 valence electrons. The molecule has 0 aliphatic carbocycles. The Balaban J connectivity index is 1.25. The SMILES string of the molecule is O=C(CCc1ccc2c(c1)CCO2)Oc1ccc(OCc2ccncc2)cc1. The maximum atomic E-state index is 12.1. The number of carbonyl (C=O) groups excluding carboxylic acids is 1. The molecule has 1 aromatic heterocycles. The molecule has 28 heavy (non-hydrogen) atoms. The summed E-state index contributed by atoms with van der Waals surface area (Å²) in [4.78, 5) is 16.1. The molecule has 5 heteroatoms. The predicted molar refractivity (Wildman–Crippen MR) is 105 cm³/mol. The maximum absolute atomic E-state index is 12.1. The van der Waals surface area contributed by atoms with Gasteiger partial charge in [-0.2, -0.15) is 0 Å². The Bertz CT molecular complexity index is 939. The number of esters is 1. The van der Waals surface area contributed by atoms with Crippen LogP contribution in [0.15, 0.2) is 67.0 Å². The molecule has 0 amide bonds. The molecular formula is C23H21NO4. The molecule has 1 aliphatic rings. The largest absolute Gasteiger partial charge is 0.493 e. The Kier molecular flexibility index (Phi) is 5.52. The fraction of sp³-hybridized carbons (Fsp3) is 0.217. The molecule has 0 fully saturated rings. The molecule has 3 aromatic rings. The first kappa shape index (κ1) is 18.0. The summed E-state index contributed by atoms with van der Waals surface area (Å²) < 4.78 is 16.6. The van der Waals surface area contributed by atoms with Gasteiger partial charge in [0, 0.05) is 25.2 Å². The fourth-order valence-electron chi connectivity index (χ4n) is 3.07. The molecule has 0 bridgehead atoms. The lowest BCUT2D eigenvalue weighted by atomic mass is 10.0. The number of nitrogens with zero attached hydrogens (tertiary/aromatic N) is 1. The van der Waals surface area contributed by atoms with Crippen molar-refractivity contribution in [1.82, 2.24) is 4.98 Å². The predicted octanol–water partition coefficient (Wildman–Crippen LogP) is 4.13. The van der Waals surface area contributed by atoms with Gasteiger partial charge in [-0.1, -0.05) is 12.1 Å². The van der Waals surface area contributed by atoms with Crippen LogP contribution in [0, 0.1) is 0 Å². The molecule has 0 N–H and O–H groups in total. The molecular weight excluding hydrogens is 354 g/mol. The van der Waals surface area contributed by atoms with E-state index in [-0.39, 0.29) is 5.97 Å². The van der Waals surface area contributed by atoms with E-state index in [1.54, 1.807) is 36.7 Å². The molecule has 1 aliphatic heterocycles. The van der Waals surface area contributed by atoms with Crippen molar-refractivity contribution in [1.29, 1.82) is 0 Å². The minimum atomic E-state index is -0.248. The summed E-state index contributed by atoms with van der Waals surface area (Å²) in [6.45, 7) is 1.20. The van der Waals surface area contributed by atoms with Crippen LogP contribution in [0.4, 0.5) is 0 Å². The van der Waals surface area contributed by atoms with Crippen LogP contribution in [-0.4, -0.2) is 17.6 Å². The minimum Gasteiger partial charge on any atom is -0.493 e. The highest BCUT2D eigenvalue weighted by Gasteiger charge is 2.13. The van der Waals surface area contributed by atoms with Crippen LogP contribution >= 0.6 is 0 Å². The molecule has 0 spiro atoms. The van der Waals surface area contributed by atoms with E-state index < -0.39 is 0 Å². The van der Waals surface area contributed by atoms with Gasteiger partial charge in [-0.3, -0.25) is 9.78 Å². The first-order valence-electron chi connectivity index (χ1n) is 9.33. The van der Waals surface area contributed by atoms with Gasteiger partial charge < -0.3 is 14.2 Å². The normalized spacial score (nSPS) is 12.1. The van der Waals surface area contributed by atoms with Crippen molar-refractivity contribution in [2.75, 3.05) is 6.61 Å². The number of aromatic nitrogens is 1. The van der Waals surface area contributed by atoms with E-state index in [0.29, 0.717) is 25.2 Å². The first-order chi connectivity index (χ1) is 13.8. The van der Waals surface area contributed by atoms with Crippen LogP contribution in [-0.2, 0) is 24.2 Å². The summed E-state index contributed by atoms with van der Waals surface area (Å²) in [6, 6.07) is 17.0. The molecule has 0 saturated heterocycles. The van der Waals surface area contributed by atoms with Crippen molar-refractivity contribution >= 4 is 5.97 Å². The monoisotopic (exact) mass is 375 g/mol. The highest BCUT2D eigenvalue weighted by Crippen LogP contribution is 2.26. The molecule has 0 radical (unpaired) electrons. The van der Waals surface area contributed by atoms with E-state index in [0.717, 1.165) is 35.7 Å². The van der Waals surface area contributed by atoms with Crippen LogP contribution in [0.1, 0.15) is 23.1 Å². The summed E-state index contributed by atoms with van der Waals surface area (Å²) in [7, 11) is 0. The van der Waals surface area contributed by atoms with Crippen molar-refractivity contribution < 1.29 is 19.0 Å². The average Bonchev–Trinajstić information content (AvgIpc) is 3.20. The van der Waals surface area contributed by atoms with Crippen molar-refractivity contribution in [3.8, 4) is 17.2 Å². The van der Waals surface area contributed by atoms with Gasteiger partial charge in [-0.25, -0.2) is 0 Å². The molecule has 4 rings (SSSR count). The van der Waals surface area contributed by atoms with Crippen molar-refractivity contribution in [3.05, 3.63) is 83.7 Å². The lowest BCUT2D eigenvalue weighted by Crippen LogP contribution is -2.09. The highest BCUT2D eigenvalue weighted by atomic mass is 16.5. The number of hydrogen-bond acceptors (Lipinski definition) is 5. The molecule has 5 nitrogen and oxygen atoms in total. The first-order valence-corrected chi connectivity index (χ1v) is 9.33. The van der Waals surface area contributed by atoms with Crippen molar-refractivity contribution in [2.24, 2.45) is 0 Å². The third-order valence-electron chi connectivity index (χ3n) is 4.58. The van der Waals surface area contributed by atoms with Crippen LogP contribution in [0.25, 0.3) is 0 Å². The number of pyridine rings is 1. The van der Waals surface area contributed by atoms with E-state index in [1.165, 1.54) is 5.56 Å². The highest BCUT2D eigenvalue weighted by molar-refractivity contribution is 5.72. The van der Waals surface area contributed by atoms with Crippen molar-refractivity contribution in [2.45, 2.75) is 25.9 Å². The van der Waals surface area contributed by atoms with Gasteiger partial charge in [0.15, 0.2) is 0 Å². The number of benzene rings is 2. The van der Waals surface area contributed by atoms with Crippen LogP contribution < -0.4 is 14.2 Å². The number of aryl methyl sites for hydroxylation is 1. The fourth-order valence-corrected chi connectivity index (χ4v) is 3.07. The number of rotatable bonds is 7. The zero-order valence-corrected chi connectivity index (χ0v) is 15.5. The summed E-state index contributed by atoms with van der Waals surface area (Å²) in [5, 5.41) is 0. The van der Waals surface area contributed by atoms with Gasteiger partial charge >= 0.3 is 5.97 Å². The third kappa shape index (κ3) is 4.68. The summed E-state index contributed by atoms with van der Waals surface area (Å²) >= 11 is 0. The third-order valence-corrected chi connectivity index (χ3v) is 4.58. The second kappa shape index (κ2) is 8.57. The zero-order chi connectivity index (χ0) is 19.2. The second-order valence-corrected chi connectivity index (χ2v) is 6.63. The lowest BCUT2D eigenvalue weighted by molar-refractivity contribution is -0.134. The molecule has 2 heterocycles. The summed E-state index contributed by atoms with van der Waals surface area (Å²) in [5.41, 5.74) is 3.39. The Morgan fingerprint density at radius 3 is 2.57 bits per heavy atom. The van der Waals surface area contributed by atoms with E-state index >= 15 is 0 Å². The van der Waals surface area contributed by atoms with Gasteiger partial charge in [0.1, 0.15) is 23.9 Å². The zero-order valence-electron chi connectivity index (χ0n) is 15.5. The molecule has 0 saturated carbocycles. The van der Waals surface area contributed by atoms with Crippen LogP contribution in [0.2, 0.25) is 0 Å². The Morgan fingerprint density at radius 1 is 0.964 bits per heavy atom. The number of carbonyl (C=O) groups is 1. The van der Waals surface area contributed by atoms with Gasteiger partial charge in [-0.15, -0.1) is 0 Å². The molecule has 0 atom stereocenters. The van der Waals surface area contributed by atoms with Gasteiger partial charge in [0.25, 0.3) is 0 Å². The lowest BCUT2D eigenvalue weighted by Gasteiger charge is -2.08. The summed E-state index contributed by atoms with van der Waals surface area (Å²) in [6.07, 6.45) is 5.39. The van der Waals surface area contributed by atoms with Crippen molar-refractivity contribution in [3.63, 3.8) is 0 Å². The average molecular weight is 375 g/mol. The Hall–Kier alpha value is -3.34. The minimum absolute atomic E-state index is 0.248. The van der Waals surface area contributed by atoms with Gasteiger partial charge in [-0.05, 0) is 65.6 Å². The Labute approximate surface area is 163 Å². The smallest absolute Gasteiger partial charge is 0.311 e. The van der Waals surface area contributed by atoms with Gasteiger partial charge in [0.2, 0.25) is 0 Å². The maximum Gasteiger partial charge on any atom is 0.311 e. The quantitative estimate of drug-likeness (QED) is 0.459. The second-order valence-electron chi connectivity index (χ2n) is 6.63. The van der Waals surface area contributed by atoms with E-state index in [2.05, 4.69) is 11.1 Å². The number of hydrogen-bond donors (Lipinski definition) is 0. The standard InChI is InChI=1S/C23H21NO4/c25-23(8-2-17-1-7-22-19(15-17)11-14-26-22)28-21-5-3-20(4-6-21)27-16-18-9-12-24-13-10-18/h1,3-7,9-10,12-13,15H,2,8,11,14,16H2. The topological polar surface area (TPSA) is 57.7 Å². The van der Waals surface area contributed by atoms with Crippen LogP contribution in [0.5, 0.6) is 17.2 Å². The van der Waals surface area contributed by atoms with Crippen LogP contribution in [0.3, 0.4) is 0 Å². The molecule has 2 aromatic carbocycles. The molecule has 0 unspecified atom stereocenters.